The molecule has 3 nitrogen and oxygen atoms in total. The van der Waals surface area contributed by atoms with Crippen molar-refractivity contribution in [2.24, 2.45) is 5.92 Å². The van der Waals surface area contributed by atoms with Crippen molar-refractivity contribution in [3.05, 3.63) is 29.3 Å². The number of fused-ring (bicyclic) bond motifs is 1. The van der Waals surface area contributed by atoms with Crippen molar-refractivity contribution in [1.82, 2.24) is 4.90 Å². The number of ether oxygens (including phenoxy) is 1. The van der Waals surface area contributed by atoms with Gasteiger partial charge in [0.05, 0.1) is 13.2 Å². The molecule has 3 rings (SSSR count). The highest BCUT2D eigenvalue weighted by Crippen LogP contribution is 2.37. The number of methoxy groups -OCH3 is 1. The molecule has 0 radical (unpaired) electrons. The molecule has 116 valence electrons. The van der Waals surface area contributed by atoms with E-state index in [0.717, 1.165) is 36.6 Å². The molecule has 2 aliphatic rings. The zero-order chi connectivity index (χ0) is 15.0. The summed E-state index contributed by atoms with van der Waals surface area (Å²) in [5.41, 5.74) is 2.34. The van der Waals surface area contributed by atoms with Gasteiger partial charge in [-0.15, -0.1) is 0 Å². The van der Waals surface area contributed by atoms with Gasteiger partial charge in [-0.1, -0.05) is 13.0 Å². The van der Waals surface area contributed by atoms with Gasteiger partial charge in [-0.2, -0.15) is 0 Å². The summed E-state index contributed by atoms with van der Waals surface area (Å²) in [6, 6.07) is 6.95. The van der Waals surface area contributed by atoms with Gasteiger partial charge in [-0.05, 0) is 61.8 Å². The maximum absolute atomic E-state index is 10.9. The first-order valence-corrected chi connectivity index (χ1v) is 8.20. The van der Waals surface area contributed by atoms with Crippen LogP contribution in [-0.4, -0.2) is 35.7 Å². The molecule has 21 heavy (non-hydrogen) atoms. The third-order valence-electron chi connectivity index (χ3n) is 5.34. The SMILES string of the molecule is COc1ccc2c(c1)C(O)C(N1CC(C)CCC1C)CC2. The Morgan fingerprint density at radius 2 is 2.00 bits per heavy atom. The van der Waals surface area contributed by atoms with E-state index in [2.05, 4.69) is 24.8 Å². The first-order valence-electron chi connectivity index (χ1n) is 8.20. The van der Waals surface area contributed by atoms with Crippen molar-refractivity contribution in [3.63, 3.8) is 0 Å². The molecule has 1 aliphatic carbocycles. The number of aliphatic hydroxyl groups excluding tert-OH is 1. The highest BCUT2D eigenvalue weighted by Gasteiger charge is 2.36. The van der Waals surface area contributed by atoms with Gasteiger partial charge in [0.2, 0.25) is 0 Å². The molecule has 3 heteroatoms. The van der Waals surface area contributed by atoms with Crippen molar-refractivity contribution < 1.29 is 9.84 Å². The molecule has 0 spiro atoms. The number of rotatable bonds is 2. The Labute approximate surface area is 127 Å². The molecule has 1 heterocycles. The third-order valence-corrected chi connectivity index (χ3v) is 5.34. The first kappa shape index (κ1) is 14.9. The molecule has 4 unspecified atom stereocenters. The molecule has 1 N–H and O–H groups in total. The van der Waals surface area contributed by atoms with Gasteiger partial charge in [-0.25, -0.2) is 0 Å². The van der Waals surface area contributed by atoms with Crippen LogP contribution >= 0.6 is 0 Å². The number of piperidine rings is 1. The molecular weight excluding hydrogens is 262 g/mol. The van der Waals surface area contributed by atoms with Crippen LogP contribution in [0.5, 0.6) is 5.75 Å². The fourth-order valence-corrected chi connectivity index (χ4v) is 4.00. The summed E-state index contributed by atoms with van der Waals surface area (Å²) in [6.45, 7) is 5.74. The molecule has 1 saturated heterocycles. The number of likely N-dealkylation sites (tertiary alicyclic amines) is 1. The van der Waals surface area contributed by atoms with E-state index in [9.17, 15) is 5.11 Å². The van der Waals surface area contributed by atoms with Gasteiger partial charge in [0.1, 0.15) is 5.75 Å². The Morgan fingerprint density at radius 3 is 2.76 bits per heavy atom. The van der Waals surface area contributed by atoms with Crippen molar-refractivity contribution in [1.29, 1.82) is 0 Å². The first-order chi connectivity index (χ1) is 10.1. The molecule has 1 aromatic carbocycles. The number of aryl methyl sites for hydroxylation is 1. The van der Waals surface area contributed by atoms with Crippen molar-refractivity contribution >= 4 is 0 Å². The van der Waals surface area contributed by atoms with Gasteiger partial charge in [-0.3, -0.25) is 4.90 Å². The van der Waals surface area contributed by atoms with Crippen LogP contribution in [0, 0.1) is 5.92 Å². The average Bonchev–Trinajstić information content (AvgIpc) is 2.50. The fourth-order valence-electron chi connectivity index (χ4n) is 4.00. The molecule has 1 aromatic rings. The summed E-state index contributed by atoms with van der Waals surface area (Å²) in [4.78, 5) is 2.54. The van der Waals surface area contributed by atoms with Crippen LogP contribution in [0.1, 0.15) is 50.3 Å². The lowest BCUT2D eigenvalue weighted by Crippen LogP contribution is -2.51. The van der Waals surface area contributed by atoms with Gasteiger partial charge in [0, 0.05) is 18.6 Å². The van der Waals surface area contributed by atoms with Crippen LogP contribution in [0.3, 0.4) is 0 Å². The maximum Gasteiger partial charge on any atom is 0.119 e. The van der Waals surface area contributed by atoms with Crippen molar-refractivity contribution in [2.45, 2.75) is 57.7 Å². The smallest absolute Gasteiger partial charge is 0.119 e. The van der Waals surface area contributed by atoms with Crippen molar-refractivity contribution in [2.75, 3.05) is 13.7 Å². The van der Waals surface area contributed by atoms with Crippen molar-refractivity contribution in [3.8, 4) is 5.75 Å². The van der Waals surface area contributed by atoms with E-state index in [1.165, 1.54) is 18.4 Å². The summed E-state index contributed by atoms with van der Waals surface area (Å²) in [6.07, 6.45) is 4.27. The van der Waals surface area contributed by atoms with Crippen LogP contribution in [0.25, 0.3) is 0 Å². The Hall–Kier alpha value is -1.06. The highest BCUT2D eigenvalue weighted by molar-refractivity contribution is 5.39. The van der Waals surface area contributed by atoms with Crippen LogP contribution in [0.4, 0.5) is 0 Å². The van der Waals surface area contributed by atoms with Crippen LogP contribution in [0.2, 0.25) is 0 Å². The van der Waals surface area contributed by atoms with E-state index in [0.29, 0.717) is 6.04 Å². The Morgan fingerprint density at radius 1 is 1.19 bits per heavy atom. The lowest BCUT2D eigenvalue weighted by atomic mass is 9.82. The van der Waals surface area contributed by atoms with E-state index in [4.69, 9.17) is 4.74 Å². The Balaban J connectivity index is 1.85. The third kappa shape index (κ3) is 2.82. The second-order valence-electron chi connectivity index (χ2n) is 6.84. The maximum atomic E-state index is 10.9. The summed E-state index contributed by atoms with van der Waals surface area (Å²) in [7, 11) is 1.68. The molecular formula is C18H27NO2. The second-order valence-corrected chi connectivity index (χ2v) is 6.84. The highest BCUT2D eigenvalue weighted by atomic mass is 16.5. The lowest BCUT2D eigenvalue weighted by molar-refractivity contribution is -0.0105. The number of nitrogens with zero attached hydrogens (tertiary/aromatic N) is 1. The van der Waals surface area contributed by atoms with Gasteiger partial charge < -0.3 is 9.84 Å². The van der Waals surface area contributed by atoms with E-state index in [1.807, 2.05) is 12.1 Å². The van der Waals surface area contributed by atoms with E-state index in [1.54, 1.807) is 7.11 Å². The summed E-state index contributed by atoms with van der Waals surface area (Å²) < 4.78 is 5.32. The van der Waals surface area contributed by atoms with Gasteiger partial charge in [0.15, 0.2) is 0 Å². The minimum absolute atomic E-state index is 0.252. The Kier molecular flexibility index (Phi) is 4.23. The van der Waals surface area contributed by atoms with Crippen LogP contribution in [-0.2, 0) is 6.42 Å². The summed E-state index contributed by atoms with van der Waals surface area (Å²) in [5, 5.41) is 10.9. The summed E-state index contributed by atoms with van der Waals surface area (Å²) >= 11 is 0. The van der Waals surface area contributed by atoms with Crippen LogP contribution in [0.15, 0.2) is 18.2 Å². The molecule has 0 saturated carbocycles. The lowest BCUT2D eigenvalue weighted by Gasteiger charge is -2.45. The molecule has 0 aromatic heterocycles. The van der Waals surface area contributed by atoms with Gasteiger partial charge >= 0.3 is 0 Å². The molecule has 0 amide bonds. The van der Waals surface area contributed by atoms with Gasteiger partial charge in [0.25, 0.3) is 0 Å². The van der Waals surface area contributed by atoms with E-state index >= 15 is 0 Å². The molecule has 0 bridgehead atoms. The minimum atomic E-state index is -0.392. The molecule has 1 fully saturated rings. The predicted octanol–water partition coefficient (Wildman–Crippen LogP) is 3.16. The average molecular weight is 289 g/mol. The van der Waals surface area contributed by atoms with Crippen LogP contribution < -0.4 is 4.74 Å². The quantitative estimate of drug-likeness (QED) is 0.908. The number of hydrogen-bond acceptors (Lipinski definition) is 3. The fraction of sp³-hybridized carbons (Fsp3) is 0.667. The Bertz CT molecular complexity index is 502. The van der Waals surface area contributed by atoms with E-state index in [-0.39, 0.29) is 6.04 Å². The number of benzene rings is 1. The second kappa shape index (κ2) is 5.98. The minimum Gasteiger partial charge on any atom is -0.497 e. The van der Waals surface area contributed by atoms with E-state index < -0.39 is 6.10 Å². The standard InChI is InChI=1S/C18H27NO2/c1-12-4-5-13(2)19(11-12)17-9-7-14-6-8-15(21-3)10-16(14)18(17)20/h6,8,10,12-13,17-18,20H,4-5,7,9,11H2,1-3H3. The number of aliphatic hydroxyl groups is 1. The zero-order valence-electron chi connectivity index (χ0n) is 13.4. The topological polar surface area (TPSA) is 32.7 Å². The monoisotopic (exact) mass is 289 g/mol. The normalized spacial score (nSPS) is 33.5. The summed E-state index contributed by atoms with van der Waals surface area (Å²) in [5.74, 6) is 1.58. The zero-order valence-corrected chi connectivity index (χ0v) is 13.4. The predicted molar refractivity (Wildman–Crippen MR) is 84.6 cm³/mol. The molecule has 1 aliphatic heterocycles. The largest absolute Gasteiger partial charge is 0.497 e. The molecule has 4 atom stereocenters. The number of hydrogen-bond donors (Lipinski definition) is 1.